The van der Waals surface area contributed by atoms with E-state index in [1.54, 1.807) is 0 Å². The number of likely N-dealkylation sites (N-methyl/N-ethyl adjacent to an activating group) is 1. The van der Waals surface area contributed by atoms with Crippen LogP contribution in [0.25, 0.3) is 0 Å². The van der Waals surface area contributed by atoms with Crippen LogP contribution in [0.1, 0.15) is 27.2 Å². The summed E-state index contributed by atoms with van der Waals surface area (Å²) >= 11 is 0. The van der Waals surface area contributed by atoms with Gasteiger partial charge in [0.25, 0.3) is 0 Å². The first-order valence-electron chi connectivity index (χ1n) is 6.80. The first kappa shape index (κ1) is 13.3. The number of hydrogen-bond donors (Lipinski definition) is 1. The minimum absolute atomic E-state index is 0.0732. The molecule has 0 radical (unpaired) electrons. The van der Waals surface area contributed by atoms with E-state index in [9.17, 15) is 0 Å². The lowest BCUT2D eigenvalue weighted by molar-refractivity contribution is -0.0403. The smallest absolute Gasteiger partial charge is 0.0743 e. The largest absolute Gasteiger partial charge is 0.376 e. The second-order valence-corrected chi connectivity index (χ2v) is 5.84. The van der Waals surface area contributed by atoms with Crippen molar-refractivity contribution in [3.05, 3.63) is 0 Å². The molecule has 4 unspecified atom stereocenters. The van der Waals surface area contributed by atoms with Crippen LogP contribution >= 0.6 is 0 Å². The van der Waals surface area contributed by atoms with Crippen molar-refractivity contribution in [1.82, 2.24) is 9.80 Å². The second kappa shape index (κ2) is 4.84. The maximum atomic E-state index is 6.08. The molecule has 2 rings (SSSR count). The van der Waals surface area contributed by atoms with Crippen LogP contribution in [0.2, 0.25) is 0 Å². The SMILES string of the molecule is CC1CN(C2(CN)CCOC2C)CC(C)N1C. The number of nitrogens with two attached hydrogens (primary N) is 1. The lowest BCUT2D eigenvalue weighted by atomic mass is 9.87. The molecule has 2 fully saturated rings. The first-order chi connectivity index (χ1) is 8.01. The van der Waals surface area contributed by atoms with Gasteiger partial charge in [-0.25, -0.2) is 0 Å². The molecule has 0 aromatic rings. The summed E-state index contributed by atoms with van der Waals surface area (Å²) in [4.78, 5) is 5.04. The van der Waals surface area contributed by atoms with Crippen molar-refractivity contribution in [2.24, 2.45) is 5.73 Å². The topological polar surface area (TPSA) is 41.7 Å². The van der Waals surface area contributed by atoms with E-state index >= 15 is 0 Å². The molecule has 0 saturated carbocycles. The summed E-state index contributed by atoms with van der Waals surface area (Å²) < 4.78 is 5.77. The fourth-order valence-corrected chi connectivity index (χ4v) is 3.35. The third-order valence-electron chi connectivity index (χ3n) is 5.00. The summed E-state index contributed by atoms with van der Waals surface area (Å²) in [5, 5.41) is 0. The Morgan fingerprint density at radius 3 is 2.24 bits per heavy atom. The van der Waals surface area contributed by atoms with Gasteiger partial charge >= 0.3 is 0 Å². The van der Waals surface area contributed by atoms with Gasteiger partial charge < -0.3 is 10.5 Å². The van der Waals surface area contributed by atoms with Gasteiger partial charge in [0.2, 0.25) is 0 Å². The van der Waals surface area contributed by atoms with E-state index < -0.39 is 0 Å². The third kappa shape index (κ3) is 2.12. The summed E-state index contributed by atoms with van der Waals surface area (Å²) in [6.07, 6.45) is 1.34. The predicted molar refractivity (Wildman–Crippen MR) is 70.1 cm³/mol. The Hall–Kier alpha value is -0.160. The zero-order valence-corrected chi connectivity index (χ0v) is 11.6. The number of hydrogen-bond acceptors (Lipinski definition) is 4. The monoisotopic (exact) mass is 241 g/mol. The van der Waals surface area contributed by atoms with Crippen LogP contribution in [0.5, 0.6) is 0 Å². The van der Waals surface area contributed by atoms with Crippen molar-refractivity contribution in [2.75, 3.05) is 33.3 Å². The summed E-state index contributed by atoms with van der Waals surface area (Å²) in [5.41, 5.74) is 6.15. The maximum Gasteiger partial charge on any atom is 0.0743 e. The Bertz CT molecular complexity index is 261. The summed E-state index contributed by atoms with van der Waals surface area (Å²) in [7, 11) is 2.22. The number of nitrogens with zero attached hydrogens (tertiary/aromatic N) is 2. The summed E-state index contributed by atoms with van der Waals surface area (Å²) in [6.45, 7) is 10.5. The fourth-order valence-electron chi connectivity index (χ4n) is 3.35. The van der Waals surface area contributed by atoms with Gasteiger partial charge in [0, 0.05) is 38.3 Å². The standard InChI is InChI=1S/C13H27N3O/c1-10-7-16(8-11(2)15(10)4)13(9-14)5-6-17-12(13)3/h10-12H,5-9,14H2,1-4H3. The minimum Gasteiger partial charge on any atom is -0.376 e. The average Bonchev–Trinajstić information content (AvgIpc) is 2.68. The average molecular weight is 241 g/mol. The molecule has 2 N–H and O–H groups in total. The number of piperazine rings is 1. The van der Waals surface area contributed by atoms with Crippen LogP contribution in [0.3, 0.4) is 0 Å². The second-order valence-electron chi connectivity index (χ2n) is 5.84. The van der Waals surface area contributed by atoms with Gasteiger partial charge in [-0.05, 0) is 34.2 Å². The highest BCUT2D eigenvalue weighted by Gasteiger charge is 2.47. The van der Waals surface area contributed by atoms with Crippen LogP contribution in [0.4, 0.5) is 0 Å². The molecule has 0 bridgehead atoms. The Labute approximate surface area is 105 Å². The zero-order valence-electron chi connectivity index (χ0n) is 11.6. The Balaban J connectivity index is 2.16. The molecule has 2 saturated heterocycles. The molecule has 2 aliphatic rings. The molecule has 0 aliphatic carbocycles. The molecule has 0 aromatic heterocycles. The van der Waals surface area contributed by atoms with Crippen molar-refractivity contribution < 1.29 is 4.74 Å². The Morgan fingerprint density at radius 1 is 1.24 bits per heavy atom. The molecule has 100 valence electrons. The van der Waals surface area contributed by atoms with Crippen molar-refractivity contribution in [1.29, 1.82) is 0 Å². The van der Waals surface area contributed by atoms with Gasteiger partial charge in [-0.15, -0.1) is 0 Å². The molecule has 0 spiro atoms. The summed E-state index contributed by atoms with van der Waals surface area (Å²) in [5.74, 6) is 0. The van der Waals surface area contributed by atoms with Crippen molar-refractivity contribution in [2.45, 2.75) is 50.9 Å². The number of rotatable bonds is 2. The third-order valence-corrected chi connectivity index (χ3v) is 5.00. The number of ether oxygens (including phenoxy) is 1. The minimum atomic E-state index is 0.0732. The molecule has 17 heavy (non-hydrogen) atoms. The highest BCUT2D eigenvalue weighted by atomic mass is 16.5. The highest BCUT2D eigenvalue weighted by Crippen LogP contribution is 2.33. The van der Waals surface area contributed by atoms with Crippen molar-refractivity contribution in [3.8, 4) is 0 Å². The molecular weight excluding hydrogens is 214 g/mol. The molecular formula is C13H27N3O. The molecule has 4 nitrogen and oxygen atoms in total. The maximum absolute atomic E-state index is 6.08. The predicted octanol–water partition coefficient (Wildman–Crippen LogP) is 0.517. The normalized spacial score (nSPS) is 45.4. The van der Waals surface area contributed by atoms with Gasteiger partial charge in [0.15, 0.2) is 0 Å². The molecule has 2 aliphatic heterocycles. The van der Waals surface area contributed by atoms with Crippen molar-refractivity contribution >= 4 is 0 Å². The van der Waals surface area contributed by atoms with Crippen LogP contribution in [-0.4, -0.2) is 66.8 Å². The van der Waals surface area contributed by atoms with E-state index in [2.05, 4.69) is 37.6 Å². The van der Waals surface area contributed by atoms with Gasteiger partial charge in [-0.1, -0.05) is 0 Å². The van der Waals surface area contributed by atoms with E-state index in [0.717, 1.165) is 26.1 Å². The molecule has 2 heterocycles. The van der Waals surface area contributed by atoms with Gasteiger partial charge in [-0.3, -0.25) is 9.80 Å². The lowest BCUT2D eigenvalue weighted by Gasteiger charge is -2.51. The first-order valence-corrected chi connectivity index (χ1v) is 6.80. The van der Waals surface area contributed by atoms with Gasteiger partial charge in [-0.2, -0.15) is 0 Å². The molecule has 4 heteroatoms. The highest BCUT2D eigenvalue weighted by molar-refractivity contribution is 5.03. The van der Waals surface area contributed by atoms with Crippen LogP contribution < -0.4 is 5.73 Å². The zero-order chi connectivity index (χ0) is 12.6. The van der Waals surface area contributed by atoms with E-state index in [4.69, 9.17) is 10.5 Å². The van der Waals surface area contributed by atoms with E-state index in [1.807, 2.05) is 0 Å². The van der Waals surface area contributed by atoms with Crippen LogP contribution in [0, 0.1) is 0 Å². The Morgan fingerprint density at radius 2 is 1.82 bits per heavy atom. The van der Waals surface area contributed by atoms with E-state index in [1.165, 1.54) is 0 Å². The lowest BCUT2D eigenvalue weighted by Crippen LogP contribution is -2.66. The fraction of sp³-hybridized carbons (Fsp3) is 1.00. The molecule has 4 atom stereocenters. The van der Waals surface area contributed by atoms with E-state index in [0.29, 0.717) is 18.6 Å². The Kier molecular flexibility index (Phi) is 3.78. The van der Waals surface area contributed by atoms with Crippen LogP contribution in [-0.2, 0) is 4.74 Å². The molecule has 0 aromatic carbocycles. The van der Waals surface area contributed by atoms with Gasteiger partial charge in [0.1, 0.15) is 0 Å². The van der Waals surface area contributed by atoms with Gasteiger partial charge in [0.05, 0.1) is 11.6 Å². The van der Waals surface area contributed by atoms with Crippen molar-refractivity contribution in [3.63, 3.8) is 0 Å². The quantitative estimate of drug-likeness (QED) is 0.765. The van der Waals surface area contributed by atoms with Crippen LogP contribution in [0.15, 0.2) is 0 Å². The van der Waals surface area contributed by atoms with E-state index in [-0.39, 0.29) is 11.6 Å². The summed E-state index contributed by atoms with van der Waals surface area (Å²) in [6, 6.07) is 1.19. The molecule has 0 amide bonds.